The smallest absolute Gasteiger partial charge is 0.306 e. The Morgan fingerprint density at radius 3 is 2.52 bits per heavy atom. The Bertz CT molecular complexity index is 636. The van der Waals surface area contributed by atoms with Crippen LogP contribution >= 0.6 is 0 Å². The van der Waals surface area contributed by atoms with Gasteiger partial charge in [0.05, 0.1) is 5.92 Å². The molecule has 3 N–H and O–H groups in total. The minimum Gasteiger partial charge on any atom is -0.481 e. The Morgan fingerprint density at radius 1 is 1.14 bits per heavy atom. The van der Waals surface area contributed by atoms with Gasteiger partial charge in [-0.05, 0) is 37.8 Å². The summed E-state index contributed by atoms with van der Waals surface area (Å²) in [6.45, 7) is 0. The number of carboxylic acid groups (broad SMARTS) is 1. The number of amides is 1. The van der Waals surface area contributed by atoms with Gasteiger partial charge in [-0.15, -0.1) is 0 Å². The maximum Gasteiger partial charge on any atom is 0.306 e. The molecule has 0 spiro atoms. The Labute approximate surface area is 122 Å². The fraction of sp³-hybridized carbons (Fsp3) is 0.375. The standard InChI is InChI=1S/C16H18N2O3/c19-15(14-9-11-3-1-2-4-13(11)18-14)17-12-7-5-10(6-8-12)16(20)21/h1-4,9-10,12,18H,5-8H2,(H,17,19)(H,20,21). The number of aliphatic carboxylic acids is 1. The molecule has 0 aliphatic heterocycles. The van der Waals surface area contributed by atoms with Crippen molar-refractivity contribution in [1.82, 2.24) is 10.3 Å². The number of H-pyrrole nitrogens is 1. The quantitative estimate of drug-likeness (QED) is 0.811. The van der Waals surface area contributed by atoms with Crippen molar-refractivity contribution >= 4 is 22.8 Å². The van der Waals surface area contributed by atoms with Gasteiger partial charge in [-0.25, -0.2) is 0 Å². The maximum atomic E-state index is 12.2. The molecule has 1 heterocycles. The van der Waals surface area contributed by atoms with Gasteiger partial charge in [0.1, 0.15) is 5.69 Å². The first kappa shape index (κ1) is 13.7. The number of hydrogen-bond acceptors (Lipinski definition) is 2. The number of carboxylic acids is 1. The van der Waals surface area contributed by atoms with Crippen molar-refractivity contribution in [3.8, 4) is 0 Å². The van der Waals surface area contributed by atoms with E-state index >= 15 is 0 Å². The van der Waals surface area contributed by atoms with Crippen LogP contribution in [-0.2, 0) is 4.79 Å². The number of aromatic nitrogens is 1. The Balaban J connectivity index is 1.63. The van der Waals surface area contributed by atoms with Crippen LogP contribution in [-0.4, -0.2) is 28.0 Å². The normalized spacial score (nSPS) is 22.1. The molecular formula is C16H18N2O3. The molecule has 0 saturated heterocycles. The van der Waals surface area contributed by atoms with Crippen molar-refractivity contribution in [2.75, 3.05) is 0 Å². The lowest BCUT2D eigenvalue weighted by Crippen LogP contribution is -2.38. The molecule has 21 heavy (non-hydrogen) atoms. The minimum atomic E-state index is -0.726. The van der Waals surface area contributed by atoms with Gasteiger partial charge in [0.2, 0.25) is 0 Å². The molecule has 0 radical (unpaired) electrons. The first-order valence-electron chi connectivity index (χ1n) is 7.25. The maximum absolute atomic E-state index is 12.2. The number of rotatable bonds is 3. The number of carbonyl (C=O) groups is 2. The monoisotopic (exact) mass is 286 g/mol. The third kappa shape index (κ3) is 2.91. The molecule has 0 atom stereocenters. The van der Waals surface area contributed by atoms with Crippen LogP contribution in [0.15, 0.2) is 30.3 Å². The summed E-state index contributed by atoms with van der Waals surface area (Å²) in [7, 11) is 0. The largest absolute Gasteiger partial charge is 0.481 e. The van der Waals surface area contributed by atoms with Crippen molar-refractivity contribution in [1.29, 1.82) is 0 Å². The molecule has 1 amide bonds. The summed E-state index contributed by atoms with van der Waals surface area (Å²) < 4.78 is 0. The second kappa shape index (κ2) is 5.60. The lowest BCUT2D eigenvalue weighted by Gasteiger charge is -2.26. The van der Waals surface area contributed by atoms with Gasteiger partial charge in [0.25, 0.3) is 5.91 Å². The average Bonchev–Trinajstić information content (AvgIpc) is 2.92. The number of benzene rings is 1. The van der Waals surface area contributed by atoms with E-state index in [4.69, 9.17) is 5.11 Å². The van der Waals surface area contributed by atoms with Gasteiger partial charge < -0.3 is 15.4 Å². The summed E-state index contributed by atoms with van der Waals surface area (Å²) >= 11 is 0. The molecule has 110 valence electrons. The zero-order valence-corrected chi connectivity index (χ0v) is 11.6. The Hall–Kier alpha value is -2.30. The van der Waals surface area contributed by atoms with Crippen LogP contribution in [0.3, 0.4) is 0 Å². The van der Waals surface area contributed by atoms with E-state index in [0.29, 0.717) is 18.5 Å². The molecule has 1 aliphatic rings. The van der Waals surface area contributed by atoms with Crippen molar-refractivity contribution in [3.05, 3.63) is 36.0 Å². The molecule has 5 nitrogen and oxygen atoms in total. The molecule has 2 aromatic rings. The molecule has 1 aliphatic carbocycles. The zero-order chi connectivity index (χ0) is 14.8. The molecule has 0 unspecified atom stereocenters. The predicted molar refractivity (Wildman–Crippen MR) is 79.1 cm³/mol. The topological polar surface area (TPSA) is 82.2 Å². The van der Waals surface area contributed by atoms with Crippen molar-refractivity contribution in [3.63, 3.8) is 0 Å². The minimum absolute atomic E-state index is 0.0690. The van der Waals surface area contributed by atoms with Gasteiger partial charge in [-0.3, -0.25) is 9.59 Å². The SMILES string of the molecule is O=C(NC1CCC(C(=O)O)CC1)c1cc2ccccc2[nH]1. The van der Waals surface area contributed by atoms with E-state index in [-0.39, 0.29) is 17.9 Å². The highest BCUT2D eigenvalue weighted by atomic mass is 16.4. The second-order valence-corrected chi connectivity index (χ2v) is 5.63. The fourth-order valence-corrected chi connectivity index (χ4v) is 2.94. The first-order valence-corrected chi connectivity index (χ1v) is 7.25. The Morgan fingerprint density at radius 2 is 1.86 bits per heavy atom. The van der Waals surface area contributed by atoms with E-state index in [1.807, 2.05) is 30.3 Å². The lowest BCUT2D eigenvalue weighted by atomic mass is 9.86. The number of fused-ring (bicyclic) bond motifs is 1. The van der Waals surface area contributed by atoms with E-state index < -0.39 is 5.97 Å². The van der Waals surface area contributed by atoms with Crippen LogP contribution in [0.1, 0.15) is 36.2 Å². The molecule has 1 aromatic carbocycles. The van der Waals surface area contributed by atoms with Crippen molar-refractivity contribution < 1.29 is 14.7 Å². The number of para-hydroxylation sites is 1. The summed E-state index contributed by atoms with van der Waals surface area (Å²) in [5.41, 5.74) is 1.49. The summed E-state index contributed by atoms with van der Waals surface area (Å²) in [5, 5.41) is 13.0. The molecule has 3 rings (SSSR count). The van der Waals surface area contributed by atoms with Crippen molar-refractivity contribution in [2.24, 2.45) is 5.92 Å². The summed E-state index contributed by atoms with van der Waals surface area (Å²) in [5.74, 6) is -1.11. The lowest BCUT2D eigenvalue weighted by molar-refractivity contribution is -0.142. The van der Waals surface area contributed by atoms with E-state index in [0.717, 1.165) is 23.7 Å². The van der Waals surface area contributed by atoms with Crippen LogP contribution in [0.25, 0.3) is 10.9 Å². The molecular weight excluding hydrogens is 268 g/mol. The van der Waals surface area contributed by atoms with Crippen LogP contribution in [0.2, 0.25) is 0 Å². The number of hydrogen-bond donors (Lipinski definition) is 3. The summed E-state index contributed by atoms with van der Waals surface area (Å²) in [6, 6.07) is 9.66. The van der Waals surface area contributed by atoms with E-state index in [1.165, 1.54) is 0 Å². The third-order valence-electron chi connectivity index (χ3n) is 4.19. The molecule has 0 bridgehead atoms. The predicted octanol–water partition coefficient (Wildman–Crippen LogP) is 2.54. The molecule has 1 saturated carbocycles. The zero-order valence-electron chi connectivity index (χ0n) is 11.6. The number of carbonyl (C=O) groups excluding carboxylic acids is 1. The highest BCUT2D eigenvalue weighted by Crippen LogP contribution is 2.24. The van der Waals surface area contributed by atoms with Gasteiger partial charge >= 0.3 is 5.97 Å². The van der Waals surface area contributed by atoms with Crippen LogP contribution in [0.5, 0.6) is 0 Å². The van der Waals surface area contributed by atoms with Gasteiger partial charge in [0.15, 0.2) is 0 Å². The highest BCUT2D eigenvalue weighted by molar-refractivity contribution is 5.98. The van der Waals surface area contributed by atoms with Crippen LogP contribution in [0, 0.1) is 5.92 Å². The number of nitrogens with one attached hydrogen (secondary N) is 2. The Kier molecular flexibility index (Phi) is 3.64. The first-order chi connectivity index (χ1) is 10.1. The van der Waals surface area contributed by atoms with Gasteiger partial charge in [0, 0.05) is 16.9 Å². The van der Waals surface area contributed by atoms with Crippen molar-refractivity contribution in [2.45, 2.75) is 31.7 Å². The molecule has 1 fully saturated rings. The van der Waals surface area contributed by atoms with E-state index in [2.05, 4.69) is 10.3 Å². The summed E-state index contributed by atoms with van der Waals surface area (Å²) in [4.78, 5) is 26.3. The molecule has 5 heteroatoms. The molecule has 1 aromatic heterocycles. The fourth-order valence-electron chi connectivity index (χ4n) is 2.94. The van der Waals surface area contributed by atoms with E-state index in [9.17, 15) is 9.59 Å². The highest BCUT2D eigenvalue weighted by Gasteiger charge is 2.27. The average molecular weight is 286 g/mol. The number of aromatic amines is 1. The van der Waals surface area contributed by atoms with Gasteiger partial charge in [-0.2, -0.15) is 0 Å². The second-order valence-electron chi connectivity index (χ2n) is 5.63. The third-order valence-corrected chi connectivity index (χ3v) is 4.19. The van der Waals surface area contributed by atoms with Crippen LogP contribution < -0.4 is 5.32 Å². The van der Waals surface area contributed by atoms with E-state index in [1.54, 1.807) is 0 Å². The summed E-state index contributed by atoms with van der Waals surface area (Å²) in [6.07, 6.45) is 2.71. The van der Waals surface area contributed by atoms with Crippen LogP contribution in [0.4, 0.5) is 0 Å². The van der Waals surface area contributed by atoms with Gasteiger partial charge in [-0.1, -0.05) is 18.2 Å².